The van der Waals surface area contributed by atoms with Crippen molar-refractivity contribution in [1.29, 1.82) is 0 Å². The number of hydrogen-bond donors (Lipinski definition) is 0. The van der Waals surface area contributed by atoms with Crippen LogP contribution in [0.25, 0.3) is 0 Å². The van der Waals surface area contributed by atoms with E-state index >= 15 is 0 Å². The molecular formula is C12H20N. The molecule has 3 unspecified atom stereocenters. The van der Waals surface area contributed by atoms with Crippen molar-refractivity contribution in [3.05, 3.63) is 6.42 Å². The summed E-state index contributed by atoms with van der Waals surface area (Å²) >= 11 is 0. The van der Waals surface area contributed by atoms with E-state index in [0.29, 0.717) is 0 Å². The number of hydrogen-bond acceptors (Lipinski definition) is 1. The highest BCUT2D eigenvalue weighted by molar-refractivity contribution is 5.01. The van der Waals surface area contributed by atoms with E-state index in [1.807, 2.05) is 0 Å². The second kappa shape index (κ2) is 3.27. The monoisotopic (exact) mass is 178 g/mol. The van der Waals surface area contributed by atoms with Gasteiger partial charge in [-0.15, -0.1) is 0 Å². The van der Waals surface area contributed by atoms with E-state index in [4.69, 9.17) is 0 Å². The lowest BCUT2D eigenvalue weighted by Crippen LogP contribution is -2.45. The van der Waals surface area contributed by atoms with Gasteiger partial charge in [0.2, 0.25) is 0 Å². The van der Waals surface area contributed by atoms with Gasteiger partial charge in [0.25, 0.3) is 0 Å². The Bertz CT molecular complexity index is 168. The molecule has 2 aliphatic heterocycles. The lowest BCUT2D eigenvalue weighted by molar-refractivity contribution is 0.104. The van der Waals surface area contributed by atoms with Crippen LogP contribution in [0.5, 0.6) is 0 Å². The molecule has 1 heteroatoms. The minimum Gasteiger partial charge on any atom is -0.294 e. The Balaban J connectivity index is 1.75. The van der Waals surface area contributed by atoms with Gasteiger partial charge in [0, 0.05) is 18.1 Å². The van der Waals surface area contributed by atoms with Crippen LogP contribution in [-0.2, 0) is 0 Å². The summed E-state index contributed by atoms with van der Waals surface area (Å²) in [5.74, 6) is 0. The third kappa shape index (κ3) is 1.32. The number of piperidine rings is 1. The minimum atomic E-state index is 0.873. The third-order valence-electron chi connectivity index (χ3n) is 4.28. The zero-order chi connectivity index (χ0) is 8.67. The predicted octanol–water partition coefficient (Wildman–Crippen LogP) is 2.76. The largest absolute Gasteiger partial charge is 0.294 e. The van der Waals surface area contributed by atoms with Gasteiger partial charge in [0.05, 0.1) is 0 Å². The predicted molar refractivity (Wildman–Crippen MR) is 54.4 cm³/mol. The second-order valence-electron chi connectivity index (χ2n) is 5.00. The van der Waals surface area contributed by atoms with Gasteiger partial charge < -0.3 is 0 Å². The van der Waals surface area contributed by atoms with Crippen LogP contribution in [-0.4, -0.2) is 23.0 Å². The summed E-state index contributed by atoms with van der Waals surface area (Å²) in [5.41, 5.74) is 0. The summed E-state index contributed by atoms with van der Waals surface area (Å²) in [5, 5.41) is 0. The van der Waals surface area contributed by atoms with Gasteiger partial charge >= 0.3 is 0 Å². The average Bonchev–Trinajstić information content (AvgIpc) is 2.72. The minimum absolute atomic E-state index is 0.873. The van der Waals surface area contributed by atoms with Crippen LogP contribution in [0.2, 0.25) is 0 Å². The molecule has 13 heavy (non-hydrogen) atoms. The number of rotatable bonds is 1. The van der Waals surface area contributed by atoms with E-state index in [1.165, 1.54) is 51.4 Å². The van der Waals surface area contributed by atoms with Crippen LogP contribution in [0.3, 0.4) is 0 Å². The van der Waals surface area contributed by atoms with E-state index in [9.17, 15) is 0 Å². The quantitative estimate of drug-likeness (QED) is 0.597. The highest BCUT2D eigenvalue weighted by Crippen LogP contribution is 2.40. The normalized spacial score (nSPS) is 41.5. The molecule has 1 radical (unpaired) electrons. The Morgan fingerprint density at radius 3 is 2.23 bits per heavy atom. The molecule has 3 atom stereocenters. The molecule has 0 aromatic carbocycles. The highest BCUT2D eigenvalue weighted by atomic mass is 15.2. The molecule has 2 bridgehead atoms. The first-order chi connectivity index (χ1) is 6.45. The molecule has 3 aliphatic rings. The topological polar surface area (TPSA) is 3.24 Å². The zero-order valence-electron chi connectivity index (χ0n) is 8.41. The van der Waals surface area contributed by atoms with Crippen LogP contribution in [0.4, 0.5) is 0 Å². The smallest absolute Gasteiger partial charge is 0.0133 e. The SMILES string of the molecule is [CH]1CCCC1N1C2CCCC1CC2. The van der Waals surface area contributed by atoms with Crippen LogP contribution in [0, 0.1) is 6.42 Å². The van der Waals surface area contributed by atoms with Gasteiger partial charge in [-0.05, 0) is 44.9 Å². The molecule has 0 aromatic rings. The summed E-state index contributed by atoms with van der Waals surface area (Å²) < 4.78 is 0. The fraction of sp³-hybridized carbons (Fsp3) is 0.917. The van der Waals surface area contributed by atoms with Crippen LogP contribution < -0.4 is 0 Å². The second-order valence-corrected chi connectivity index (χ2v) is 5.00. The van der Waals surface area contributed by atoms with Crippen molar-refractivity contribution < 1.29 is 0 Å². The molecule has 0 N–H and O–H groups in total. The van der Waals surface area contributed by atoms with Gasteiger partial charge in [0.1, 0.15) is 0 Å². The van der Waals surface area contributed by atoms with Gasteiger partial charge in [-0.25, -0.2) is 0 Å². The molecule has 1 aliphatic carbocycles. The Morgan fingerprint density at radius 2 is 1.62 bits per heavy atom. The third-order valence-corrected chi connectivity index (χ3v) is 4.28. The molecule has 1 nitrogen and oxygen atoms in total. The van der Waals surface area contributed by atoms with Crippen molar-refractivity contribution in [2.24, 2.45) is 0 Å². The molecule has 3 fully saturated rings. The van der Waals surface area contributed by atoms with E-state index in [-0.39, 0.29) is 0 Å². The fourth-order valence-corrected chi connectivity index (χ4v) is 3.72. The molecule has 0 spiro atoms. The van der Waals surface area contributed by atoms with Crippen molar-refractivity contribution >= 4 is 0 Å². The first-order valence-electron chi connectivity index (χ1n) is 6.06. The molecule has 2 saturated heterocycles. The van der Waals surface area contributed by atoms with Crippen molar-refractivity contribution in [2.45, 2.75) is 69.5 Å². The first-order valence-corrected chi connectivity index (χ1v) is 6.06. The first kappa shape index (κ1) is 8.28. The maximum Gasteiger partial charge on any atom is 0.0133 e. The Labute approximate surface area is 81.5 Å². The molecule has 0 aromatic heterocycles. The van der Waals surface area contributed by atoms with Gasteiger partial charge in [0.15, 0.2) is 0 Å². The van der Waals surface area contributed by atoms with Crippen molar-refractivity contribution in [2.75, 3.05) is 0 Å². The Kier molecular flexibility index (Phi) is 2.08. The molecule has 0 amide bonds. The molecule has 73 valence electrons. The van der Waals surface area contributed by atoms with Crippen LogP contribution in [0.15, 0.2) is 0 Å². The molecule has 1 saturated carbocycles. The van der Waals surface area contributed by atoms with E-state index < -0.39 is 0 Å². The number of fused-ring (bicyclic) bond motifs is 2. The van der Waals surface area contributed by atoms with Gasteiger partial charge in [-0.1, -0.05) is 12.8 Å². The maximum absolute atomic E-state index is 2.87. The van der Waals surface area contributed by atoms with Crippen LogP contribution in [0.1, 0.15) is 51.4 Å². The van der Waals surface area contributed by atoms with Crippen molar-refractivity contribution in [3.8, 4) is 0 Å². The summed E-state index contributed by atoms with van der Waals surface area (Å²) in [4.78, 5) is 2.87. The van der Waals surface area contributed by atoms with E-state index in [2.05, 4.69) is 11.3 Å². The van der Waals surface area contributed by atoms with Gasteiger partial charge in [-0.2, -0.15) is 0 Å². The van der Waals surface area contributed by atoms with Crippen molar-refractivity contribution in [1.82, 2.24) is 4.90 Å². The fourth-order valence-electron chi connectivity index (χ4n) is 3.72. The molecule has 2 heterocycles. The van der Waals surface area contributed by atoms with E-state index in [0.717, 1.165) is 18.1 Å². The number of nitrogens with zero attached hydrogens (tertiary/aromatic N) is 1. The summed E-state index contributed by atoms with van der Waals surface area (Å²) in [6, 6.07) is 2.81. The van der Waals surface area contributed by atoms with Gasteiger partial charge in [-0.3, -0.25) is 4.90 Å². The maximum atomic E-state index is 2.87. The van der Waals surface area contributed by atoms with Crippen LogP contribution >= 0.6 is 0 Å². The highest BCUT2D eigenvalue weighted by Gasteiger charge is 2.40. The lowest BCUT2D eigenvalue weighted by atomic mass is 9.99. The van der Waals surface area contributed by atoms with E-state index in [1.54, 1.807) is 0 Å². The Morgan fingerprint density at radius 1 is 0.846 bits per heavy atom. The van der Waals surface area contributed by atoms with Crippen molar-refractivity contribution in [3.63, 3.8) is 0 Å². The lowest BCUT2D eigenvalue weighted by Gasteiger charge is -2.39. The summed E-state index contributed by atoms with van der Waals surface area (Å²) in [6.45, 7) is 0. The molecule has 3 rings (SSSR count). The molecular weight excluding hydrogens is 158 g/mol. The summed E-state index contributed by atoms with van der Waals surface area (Å²) in [6.07, 6.45) is 14.3. The average molecular weight is 178 g/mol. The Hall–Kier alpha value is -0.0400. The zero-order valence-corrected chi connectivity index (χ0v) is 8.41. The standard InChI is InChI=1S/C12H20N/c1-2-5-10(4-1)13-11-6-3-7-12(13)9-8-11/h4,10-12H,1-3,5-9H2. The summed E-state index contributed by atoms with van der Waals surface area (Å²) in [7, 11) is 0.